The molecule has 158 valence electrons. The zero-order valence-electron chi connectivity index (χ0n) is 16.0. The SMILES string of the molecule is CC(NC(N)=O)c1noc(CN(Cc2ccccc2)S(=O)(=O)c2ccc(Cl)cc2)n1. The molecular formula is C19H20ClN5O4S. The van der Waals surface area contributed by atoms with Crippen LogP contribution in [0.4, 0.5) is 4.79 Å². The van der Waals surface area contributed by atoms with Gasteiger partial charge in [-0.2, -0.15) is 9.29 Å². The second-order valence-electron chi connectivity index (χ2n) is 6.49. The average Bonchev–Trinajstić information content (AvgIpc) is 3.17. The third-order valence-electron chi connectivity index (χ3n) is 4.19. The number of rotatable bonds is 8. The van der Waals surface area contributed by atoms with Crippen molar-refractivity contribution in [1.29, 1.82) is 0 Å². The molecule has 0 aliphatic rings. The summed E-state index contributed by atoms with van der Waals surface area (Å²) in [6.07, 6.45) is 0. The highest BCUT2D eigenvalue weighted by molar-refractivity contribution is 7.89. The molecule has 3 aromatic rings. The van der Waals surface area contributed by atoms with Gasteiger partial charge in [-0.15, -0.1) is 0 Å². The van der Waals surface area contributed by atoms with E-state index in [0.29, 0.717) is 5.02 Å². The molecule has 0 bridgehead atoms. The van der Waals surface area contributed by atoms with Crippen molar-refractivity contribution in [3.8, 4) is 0 Å². The standard InChI is InChI=1S/C19H20ClN5O4S/c1-13(22-19(21)26)18-23-17(29-24-18)12-25(11-14-5-3-2-4-6-14)30(27,28)16-9-7-15(20)8-10-16/h2-10,13H,11-12H2,1H3,(H3,21,22,26). The first-order valence-corrected chi connectivity index (χ1v) is 10.8. The molecule has 0 spiro atoms. The van der Waals surface area contributed by atoms with Crippen LogP contribution in [0.1, 0.15) is 30.2 Å². The van der Waals surface area contributed by atoms with Gasteiger partial charge >= 0.3 is 6.03 Å². The van der Waals surface area contributed by atoms with Crippen molar-refractivity contribution in [2.45, 2.75) is 31.0 Å². The minimum atomic E-state index is -3.89. The van der Waals surface area contributed by atoms with Crippen molar-refractivity contribution in [3.63, 3.8) is 0 Å². The van der Waals surface area contributed by atoms with Gasteiger partial charge in [0.05, 0.1) is 17.5 Å². The van der Waals surface area contributed by atoms with E-state index in [1.54, 1.807) is 6.92 Å². The summed E-state index contributed by atoms with van der Waals surface area (Å²) in [5, 5.41) is 6.67. The maximum absolute atomic E-state index is 13.3. The average molecular weight is 450 g/mol. The van der Waals surface area contributed by atoms with E-state index in [0.717, 1.165) is 5.56 Å². The maximum atomic E-state index is 13.3. The van der Waals surface area contributed by atoms with Gasteiger partial charge in [0.15, 0.2) is 5.82 Å². The zero-order valence-corrected chi connectivity index (χ0v) is 17.6. The van der Waals surface area contributed by atoms with Gasteiger partial charge < -0.3 is 15.6 Å². The van der Waals surface area contributed by atoms with Crippen molar-refractivity contribution in [1.82, 2.24) is 19.8 Å². The van der Waals surface area contributed by atoms with Gasteiger partial charge in [0.25, 0.3) is 0 Å². The monoisotopic (exact) mass is 449 g/mol. The Kier molecular flexibility index (Phi) is 6.70. The number of sulfonamides is 1. The fraction of sp³-hybridized carbons (Fsp3) is 0.211. The summed E-state index contributed by atoms with van der Waals surface area (Å²) in [6.45, 7) is 1.57. The highest BCUT2D eigenvalue weighted by Crippen LogP contribution is 2.23. The van der Waals surface area contributed by atoms with Crippen LogP contribution < -0.4 is 11.1 Å². The maximum Gasteiger partial charge on any atom is 0.312 e. The predicted octanol–water partition coefficient (Wildman–Crippen LogP) is 2.84. The molecule has 11 heteroatoms. The van der Waals surface area contributed by atoms with Gasteiger partial charge in [-0.3, -0.25) is 0 Å². The molecule has 1 aromatic heterocycles. The largest absolute Gasteiger partial charge is 0.352 e. The molecule has 9 nitrogen and oxygen atoms in total. The smallest absolute Gasteiger partial charge is 0.312 e. The Labute approximate surface area is 178 Å². The van der Waals surface area contributed by atoms with Crippen molar-refractivity contribution in [2.75, 3.05) is 0 Å². The Morgan fingerprint density at radius 2 is 1.83 bits per heavy atom. The molecule has 2 aromatic carbocycles. The minimum absolute atomic E-state index is 0.0802. The quantitative estimate of drug-likeness (QED) is 0.543. The number of amides is 2. The van der Waals surface area contributed by atoms with Crippen molar-refractivity contribution in [2.24, 2.45) is 5.73 Å². The van der Waals surface area contributed by atoms with Gasteiger partial charge in [0.2, 0.25) is 15.9 Å². The molecule has 3 rings (SSSR count). The molecule has 30 heavy (non-hydrogen) atoms. The Bertz CT molecular complexity index is 1100. The lowest BCUT2D eigenvalue weighted by atomic mass is 10.2. The van der Waals surface area contributed by atoms with Crippen LogP contribution in [0.3, 0.4) is 0 Å². The highest BCUT2D eigenvalue weighted by atomic mass is 35.5. The van der Waals surface area contributed by atoms with Gasteiger partial charge in [-0.05, 0) is 36.8 Å². The van der Waals surface area contributed by atoms with E-state index < -0.39 is 22.1 Å². The van der Waals surface area contributed by atoms with Crippen LogP contribution in [0, 0.1) is 0 Å². The van der Waals surface area contributed by atoms with Gasteiger partial charge in [0, 0.05) is 11.6 Å². The first-order valence-electron chi connectivity index (χ1n) is 8.94. The number of hydrogen-bond donors (Lipinski definition) is 2. The zero-order chi connectivity index (χ0) is 21.7. The molecule has 1 unspecified atom stereocenters. The third kappa shape index (κ3) is 5.35. The molecule has 2 amide bonds. The Morgan fingerprint density at radius 1 is 1.17 bits per heavy atom. The van der Waals surface area contributed by atoms with Crippen LogP contribution in [0.2, 0.25) is 5.02 Å². The number of nitrogens with one attached hydrogen (secondary N) is 1. The molecular weight excluding hydrogens is 430 g/mol. The molecule has 1 atom stereocenters. The van der Waals surface area contributed by atoms with Gasteiger partial charge in [0.1, 0.15) is 0 Å². The van der Waals surface area contributed by atoms with Gasteiger partial charge in [-0.1, -0.05) is 47.1 Å². The highest BCUT2D eigenvalue weighted by Gasteiger charge is 2.27. The van der Waals surface area contributed by atoms with Crippen molar-refractivity contribution < 1.29 is 17.7 Å². The van der Waals surface area contributed by atoms with E-state index in [1.807, 2.05) is 30.3 Å². The fourth-order valence-electron chi connectivity index (χ4n) is 2.71. The molecule has 0 fully saturated rings. The normalized spacial score (nSPS) is 12.6. The Hall–Kier alpha value is -2.95. The number of primary amides is 1. The number of halogens is 1. The van der Waals surface area contributed by atoms with E-state index in [4.69, 9.17) is 21.9 Å². The fourth-order valence-corrected chi connectivity index (χ4v) is 4.21. The van der Waals surface area contributed by atoms with Crippen molar-refractivity contribution >= 4 is 27.7 Å². The van der Waals surface area contributed by atoms with Gasteiger partial charge in [-0.25, -0.2) is 13.2 Å². The molecule has 3 N–H and O–H groups in total. The molecule has 0 aliphatic carbocycles. The van der Waals surface area contributed by atoms with E-state index >= 15 is 0 Å². The summed E-state index contributed by atoms with van der Waals surface area (Å²) < 4.78 is 33.0. The molecule has 0 saturated carbocycles. The van der Waals surface area contributed by atoms with Crippen LogP contribution in [0.15, 0.2) is 64.0 Å². The third-order valence-corrected chi connectivity index (χ3v) is 6.25. The lowest BCUT2D eigenvalue weighted by Gasteiger charge is -2.21. The van der Waals surface area contributed by atoms with Crippen LogP contribution in [-0.2, 0) is 23.1 Å². The lowest BCUT2D eigenvalue weighted by Crippen LogP contribution is -2.32. The number of benzene rings is 2. The predicted molar refractivity (Wildman–Crippen MR) is 110 cm³/mol. The van der Waals surface area contributed by atoms with Crippen LogP contribution >= 0.6 is 11.6 Å². The summed E-state index contributed by atoms with van der Waals surface area (Å²) >= 11 is 5.89. The van der Waals surface area contributed by atoms with E-state index in [9.17, 15) is 13.2 Å². The summed E-state index contributed by atoms with van der Waals surface area (Å²) in [4.78, 5) is 15.3. The number of carbonyl (C=O) groups is 1. The number of nitrogens with zero attached hydrogens (tertiary/aromatic N) is 3. The molecule has 0 aliphatic heterocycles. The number of nitrogens with two attached hydrogens (primary N) is 1. The topological polar surface area (TPSA) is 131 Å². The number of aromatic nitrogens is 2. The van der Waals surface area contributed by atoms with Crippen LogP contribution in [0.5, 0.6) is 0 Å². The second-order valence-corrected chi connectivity index (χ2v) is 8.86. The number of carbonyl (C=O) groups excluding carboxylic acids is 1. The lowest BCUT2D eigenvalue weighted by molar-refractivity contribution is 0.245. The van der Waals surface area contributed by atoms with Crippen molar-refractivity contribution in [3.05, 3.63) is 76.9 Å². The summed E-state index contributed by atoms with van der Waals surface area (Å²) in [5.74, 6) is 0.268. The molecule has 1 heterocycles. The Balaban J connectivity index is 1.89. The van der Waals surface area contributed by atoms with Crippen LogP contribution in [-0.4, -0.2) is 28.9 Å². The van der Waals surface area contributed by atoms with E-state index in [-0.39, 0.29) is 29.7 Å². The summed E-state index contributed by atoms with van der Waals surface area (Å²) in [5.41, 5.74) is 5.89. The summed E-state index contributed by atoms with van der Waals surface area (Å²) in [6, 6.07) is 13.7. The second kappa shape index (κ2) is 9.24. The molecule has 0 radical (unpaired) electrons. The Morgan fingerprint density at radius 3 is 2.47 bits per heavy atom. The minimum Gasteiger partial charge on any atom is -0.352 e. The first kappa shape index (κ1) is 21.8. The first-order chi connectivity index (χ1) is 14.3. The van der Waals surface area contributed by atoms with E-state index in [1.165, 1.54) is 28.6 Å². The number of hydrogen-bond acceptors (Lipinski definition) is 6. The number of urea groups is 1. The molecule has 0 saturated heterocycles. The summed E-state index contributed by atoms with van der Waals surface area (Å²) in [7, 11) is -3.89. The van der Waals surface area contributed by atoms with E-state index in [2.05, 4.69) is 15.5 Å². The van der Waals surface area contributed by atoms with Crippen LogP contribution in [0.25, 0.3) is 0 Å².